The van der Waals surface area contributed by atoms with Gasteiger partial charge in [-0.2, -0.15) is 0 Å². The molecule has 0 aromatic carbocycles. The first-order chi connectivity index (χ1) is 9.45. The second kappa shape index (κ2) is 7.84. The van der Waals surface area contributed by atoms with E-state index in [2.05, 4.69) is 5.32 Å². The van der Waals surface area contributed by atoms with Crippen molar-refractivity contribution in [3.8, 4) is 0 Å². The van der Waals surface area contributed by atoms with Crippen LogP contribution in [0.2, 0.25) is 0 Å². The number of hydrogen-bond acceptors (Lipinski definition) is 4. The van der Waals surface area contributed by atoms with E-state index in [1.165, 1.54) is 0 Å². The molecule has 1 rings (SSSR count). The summed E-state index contributed by atoms with van der Waals surface area (Å²) in [5, 5.41) is 20.1. The van der Waals surface area contributed by atoms with Crippen molar-refractivity contribution in [1.82, 2.24) is 5.32 Å². The van der Waals surface area contributed by atoms with Gasteiger partial charge in [0.05, 0.1) is 0 Å². The molecule has 114 valence electrons. The number of amides is 1. The Morgan fingerprint density at radius 2 is 1.85 bits per heavy atom. The van der Waals surface area contributed by atoms with E-state index in [1.54, 1.807) is 0 Å². The number of hydrogen-bond donors (Lipinski definition) is 4. The van der Waals surface area contributed by atoms with E-state index < -0.39 is 18.0 Å². The first-order valence-electron chi connectivity index (χ1n) is 6.90. The van der Waals surface area contributed by atoms with E-state index in [-0.39, 0.29) is 30.6 Å². The largest absolute Gasteiger partial charge is 0.481 e. The van der Waals surface area contributed by atoms with Crippen LogP contribution in [0.4, 0.5) is 0 Å². The lowest BCUT2D eigenvalue weighted by atomic mass is 9.78. The van der Waals surface area contributed by atoms with Gasteiger partial charge in [0.15, 0.2) is 0 Å². The van der Waals surface area contributed by atoms with Gasteiger partial charge in [-0.3, -0.25) is 9.59 Å². The number of carbonyl (C=O) groups excluding carboxylic acids is 1. The molecule has 1 aliphatic rings. The highest BCUT2D eigenvalue weighted by Gasteiger charge is 2.32. The van der Waals surface area contributed by atoms with Crippen LogP contribution in [-0.4, -0.2) is 40.6 Å². The van der Waals surface area contributed by atoms with Gasteiger partial charge in [-0.05, 0) is 31.7 Å². The Morgan fingerprint density at radius 1 is 1.20 bits per heavy atom. The Kier molecular flexibility index (Phi) is 6.44. The van der Waals surface area contributed by atoms with Gasteiger partial charge in [0, 0.05) is 12.3 Å². The molecular formula is C13H22N2O5. The van der Waals surface area contributed by atoms with E-state index >= 15 is 0 Å². The van der Waals surface area contributed by atoms with Crippen LogP contribution in [0, 0.1) is 11.8 Å². The van der Waals surface area contributed by atoms with Gasteiger partial charge in [0.1, 0.15) is 6.04 Å². The molecule has 1 saturated carbocycles. The fourth-order valence-electron chi connectivity index (χ4n) is 2.64. The molecule has 0 spiro atoms. The first-order valence-corrected chi connectivity index (χ1v) is 6.90. The molecule has 3 atom stereocenters. The van der Waals surface area contributed by atoms with Crippen molar-refractivity contribution in [1.29, 1.82) is 0 Å². The van der Waals surface area contributed by atoms with Crippen LogP contribution in [0.25, 0.3) is 0 Å². The molecular weight excluding hydrogens is 264 g/mol. The molecule has 0 heterocycles. The average Bonchev–Trinajstić information content (AvgIpc) is 2.42. The Hall–Kier alpha value is -1.63. The molecule has 7 heteroatoms. The van der Waals surface area contributed by atoms with Crippen LogP contribution in [0.1, 0.15) is 38.5 Å². The van der Waals surface area contributed by atoms with Crippen LogP contribution in [-0.2, 0) is 14.4 Å². The maximum Gasteiger partial charge on any atom is 0.326 e. The maximum absolute atomic E-state index is 12.1. The van der Waals surface area contributed by atoms with Gasteiger partial charge in [-0.1, -0.05) is 12.8 Å². The minimum absolute atomic E-state index is 0.0812. The molecule has 0 radical (unpaired) electrons. The summed E-state index contributed by atoms with van der Waals surface area (Å²) in [7, 11) is 0. The quantitative estimate of drug-likeness (QED) is 0.528. The summed E-state index contributed by atoms with van der Waals surface area (Å²) in [4.78, 5) is 33.7. The molecule has 1 aliphatic carbocycles. The Balaban J connectivity index is 2.59. The molecule has 0 saturated heterocycles. The van der Waals surface area contributed by atoms with Gasteiger partial charge in [0.2, 0.25) is 5.91 Å². The predicted molar refractivity (Wildman–Crippen MR) is 70.9 cm³/mol. The van der Waals surface area contributed by atoms with Crippen molar-refractivity contribution >= 4 is 17.8 Å². The van der Waals surface area contributed by atoms with E-state index in [0.29, 0.717) is 13.0 Å². The van der Waals surface area contributed by atoms with E-state index in [1.807, 2.05) is 0 Å². The first kappa shape index (κ1) is 16.4. The van der Waals surface area contributed by atoms with Crippen molar-refractivity contribution in [3.05, 3.63) is 0 Å². The maximum atomic E-state index is 12.1. The summed E-state index contributed by atoms with van der Waals surface area (Å²) in [6.45, 7) is 0.408. The minimum atomic E-state index is -1.21. The van der Waals surface area contributed by atoms with Gasteiger partial charge < -0.3 is 21.3 Å². The van der Waals surface area contributed by atoms with Gasteiger partial charge >= 0.3 is 11.9 Å². The summed E-state index contributed by atoms with van der Waals surface area (Å²) < 4.78 is 0. The monoisotopic (exact) mass is 286 g/mol. The molecule has 1 fully saturated rings. The van der Waals surface area contributed by atoms with Crippen LogP contribution in [0.3, 0.4) is 0 Å². The molecule has 0 aromatic heterocycles. The SMILES string of the molecule is NCC1CCCCC1C(=O)N[C@@H](CCC(=O)O)C(=O)O. The smallest absolute Gasteiger partial charge is 0.326 e. The minimum Gasteiger partial charge on any atom is -0.481 e. The van der Waals surface area contributed by atoms with Crippen molar-refractivity contribution in [2.24, 2.45) is 17.6 Å². The third kappa shape index (κ3) is 4.80. The Labute approximate surface area is 117 Å². The summed E-state index contributed by atoms with van der Waals surface area (Å²) in [5.74, 6) is -2.79. The highest BCUT2D eigenvalue weighted by atomic mass is 16.4. The van der Waals surface area contributed by atoms with Gasteiger partial charge in [-0.25, -0.2) is 4.79 Å². The highest BCUT2D eigenvalue weighted by molar-refractivity contribution is 5.85. The lowest BCUT2D eigenvalue weighted by molar-refractivity contribution is -0.144. The Morgan fingerprint density at radius 3 is 2.40 bits per heavy atom. The molecule has 20 heavy (non-hydrogen) atoms. The molecule has 7 nitrogen and oxygen atoms in total. The molecule has 0 bridgehead atoms. The third-order valence-electron chi connectivity index (χ3n) is 3.81. The zero-order chi connectivity index (χ0) is 15.1. The van der Waals surface area contributed by atoms with Crippen molar-refractivity contribution in [3.63, 3.8) is 0 Å². The van der Waals surface area contributed by atoms with Gasteiger partial charge in [-0.15, -0.1) is 0 Å². The number of aliphatic carboxylic acids is 2. The van der Waals surface area contributed by atoms with E-state index in [0.717, 1.165) is 19.3 Å². The fraction of sp³-hybridized carbons (Fsp3) is 0.769. The topological polar surface area (TPSA) is 130 Å². The average molecular weight is 286 g/mol. The Bertz CT molecular complexity index is 372. The van der Waals surface area contributed by atoms with Crippen molar-refractivity contribution < 1.29 is 24.6 Å². The lowest BCUT2D eigenvalue weighted by Gasteiger charge is -2.30. The second-order valence-electron chi connectivity index (χ2n) is 5.22. The highest BCUT2D eigenvalue weighted by Crippen LogP contribution is 2.29. The van der Waals surface area contributed by atoms with Gasteiger partial charge in [0.25, 0.3) is 0 Å². The molecule has 5 N–H and O–H groups in total. The zero-order valence-corrected chi connectivity index (χ0v) is 11.4. The molecule has 2 unspecified atom stereocenters. The summed E-state index contributed by atoms with van der Waals surface area (Å²) in [6.07, 6.45) is 3.15. The molecule has 0 aromatic rings. The summed E-state index contributed by atoms with van der Waals surface area (Å²) in [5.41, 5.74) is 5.65. The zero-order valence-electron chi connectivity index (χ0n) is 11.4. The van der Waals surface area contributed by atoms with Crippen LogP contribution in [0.15, 0.2) is 0 Å². The number of carboxylic acids is 2. The normalized spacial score (nSPS) is 23.9. The second-order valence-corrected chi connectivity index (χ2v) is 5.22. The number of carbonyl (C=O) groups is 3. The number of carboxylic acid groups (broad SMARTS) is 2. The number of rotatable bonds is 7. The number of nitrogens with one attached hydrogen (secondary N) is 1. The standard InChI is InChI=1S/C13H22N2O5/c14-7-8-3-1-2-4-9(8)12(18)15-10(13(19)20)5-6-11(16)17/h8-10H,1-7,14H2,(H,15,18)(H,16,17)(H,19,20)/t8?,9?,10-/m0/s1. The number of nitrogens with two attached hydrogens (primary N) is 1. The van der Waals surface area contributed by atoms with E-state index in [9.17, 15) is 14.4 Å². The molecule has 0 aliphatic heterocycles. The molecule has 1 amide bonds. The predicted octanol–water partition coefficient (Wildman–Crippen LogP) is 0.186. The van der Waals surface area contributed by atoms with Crippen molar-refractivity contribution in [2.45, 2.75) is 44.6 Å². The summed E-state index contributed by atoms with van der Waals surface area (Å²) in [6, 6.07) is -1.15. The third-order valence-corrected chi connectivity index (χ3v) is 3.81. The fourth-order valence-corrected chi connectivity index (χ4v) is 2.64. The van der Waals surface area contributed by atoms with Crippen LogP contribution < -0.4 is 11.1 Å². The van der Waals surface area contributed by atoms with Crippen molar-refractivity contribution in [2.75, 3.05) is 6.54 Å². The van der Waals surface area contributed by atoms with Crippen LogP contribution >= 0.6 is 0 Å². The summed E-state index contributed by atoms with van der Waals surface area (Å²) >= 11 is 0. The van der Waals surface area contributed by atoms with Crippen LogP contribution in [0.5, 0.6) is 0 Å². The van der Waals surface area contributed by atoms with E-state index in [4.69, 9.17) is 15.9 Å². The lowest BCUT2D eigenvalue weighted by Crippen LogP contribution is -2.47.